The second-order valence-corrected chi connectivity index (χ2v) is 9.55. The average Bonchev–Trinajstić information content (AvgIpc) is 3.33. The van der Waals surface area contributed by atoms with E-state index in [0.717, 1.165) is 0 Å². The molecule has 5 rings (SSSR count). The Morgan fingerprint density at radius 1 is 1.14 bits per heavy atom. The number of hydrogen-bond donors (Lipinski definition) is 2. The van der Waals surface area contributed by atoms with Gasteiger partial charge in [0.25, 0.3) is 11.9 Å². The summed E-state index contributed by atoms with van der Waals surface area (Å²) >= 11 is 6.62. The molecule has 0 aliphatic carbocycles. The van der Waals surface area contributed by atoms with Gasteiger partial charge in [-0.15, -0.1) is 0 Å². The molecule has 37 heavy (non-hydrogen) atoms. The first-order chi connectivity index (χ1) is 17.8. The molecule has 2 N–H and O–H groups in total. The van der Waals surface area contributed by atoms with Gasteiger partial charge in [-0.1, -0.05) is 48.0 Å². The third kappa shape index (κ3) is 4.08. The number of carbonyl (C=O) groups is 1. The van der Waals surface area contributed by atoms with Gasteiger partial charge in [-0.05, 0) is 43.7 Å². The van der Waals surface area contributed by atoms with Gasteiger partial charge >= 0.3 is 0 Å². The Morgan fingerprint density at radius 2 is 1.86 bits per heavy atom. The Morgan fingerprint density at radius 3 is 2.59 bits per heavy atom. The Labute approximate surface area is 217 Å². The van der Waals surface area contributed by atoms with Gasteiger partial charge in [-0.25, -0.2) is 4.39 Å². The number of carbonyl (C=O) groups excluding carboxylic acids is 1. The molecule has 3 aromatic rings. The van der Waals surface area contributed by atoms with E-state index in [1.165, 1.54) is 6.07 Å². The molecule has 2 heterocycles. The number of para-hydroxylation sites is 1. The van der Waals surface area contributed by atoms with Crippen molar-refractivity contribution in [1.82, 2.24) is 5.32 Å². The highest BCUT2D eigenvalue weighted by Gasteiger charge is 2.67. The van der Waals surface area contributed by atoms with Gasteiger partial charge in [0.15, 0.2) is 17.0 Å². The van der Waals surface area contributed by atoms with Crippen molar-refractivity contribution in [3.63, 3.8) is 0 Å². The summed E-state index contributed by atoms with van der Waals surface area (Å²) in [7, 11) is 0. The van der Waals surface area contributed by atoms with Crippen molar-refractivity contribution in [3.8, 4) is 11.5 Å². The van der Waals surface area contributed by atoms with Crippen LogP contribution in [0, 0.1) is 15.9 Å². The third-order valence-corrected chi connectivity index (χ3v) is 7.29. The maximum Gasteiger partial charge on any atom is 0.256 e. The van der Waals surface area contributed by atoms with E-state index in [4.69, 9.17) is 21.1 Å². The minimum atomic E-state index is -1.54. The first-order valence-corrected chi connectivity index (χ1v) is 12.3. The summed E-state index contributed by atoms with van der Waals surface area (Å²) in [5.74, 6) is -1.10. The molecule has 0 radical (unpaired) electrons. The Balaban J connectivity index is 1.55. The molecule has 1 spiro atoms. The maximum atomic E-state index is 14.1. The normalized spacial score (nSPS) is 24.1. The van der Waals surface area contributed by atoms with Crippen molar-refractivity contribution in [1.29, 1.82) is 0 Å². The number of rotatable bonds is 7. The Bertz CT molecular complexity index is 1390. The molecule has 1 fully saturated rings. The molecular weight excluding hydrogens is 501 g/mol. The zero-order chi connectivity index (χ0) is 26.3. The fourth-order valence-electron chi connectivity index (χ4n) is 5.50. The molecule has 2 aliphatic rings. The smallest absolute Gasteiger partial charge is 0.256 e. The summed E-state index contributed by atoms with van der Waals surface area (Å²) in [6, 6.07) is 14.7. The van der Waals surface area contributed by atoms with Crippen LogP contribution in [0.2, 0.25) is 5.02 Å². The van der Waals surface area contributed by atoms with Gasteiger partial charge < -0.3 is 14.8 Å². The van der Waals surface area contributed by atoms with Crippen LogP contribution in [-0.2, 0) is 16.9 Å². The van der Waals surface area contributed by atoms with E-state index in [1.54, 1.807) is 68.4 Å². The minimum Gasteiger partial charge on any atom is -0.490 e. The first-order valence-electron chi connectivity index (χ1n) is 11.9. The van der Waals surface area contributed by atoms with Crippen molar-refractivity contribution in [2.24, 2.45) is 0 Å². The highest BCUT2D eigenvalue weighted by Crippen LogP contribution is 2.51. The lowest BCUT2D eigenvalue weighted by Crippen LogP contribution is -2.54. The zero-order valence-electron chi connectivity index (χ0n) is 20.2. The lowest BCUT2D eigenvalue weighted by atomic mass is 9.78. The summed E-state index contributed by atoms with van der Waals surface area (Å²) in [6.45, 7) is 3.80. The van der Waals surface area contributed by atoms with Crippen molar-refractivity contribution in [2.75, 3.05) is 11.9 Å². The third-order valence-electron chi connectivity index (χ3n) is 7.01. The van der Waals surface area contributed by atoms with Gasteiger partial charge in [0.2, 0.25) is 0 Å². The molecule has 2 aliphatic heterocycles. The van der Waals surface area contributed by atoms with E-state index < -0.39 is 40.2 Å². The van der Waals surface area contributed by atoms with Gasteiger partial charge in [0.05, 0.1) is 17.5 Å². The van der Waals surface area contributed by atoms with Crippen molar-refractivity contribution in [2.45, 2.75) is 44.0 Å². The second-order valence-electron chi connectivity index (χ2n) is 9.14. The summed E-state index contributed by atoms with van der Waals surface area (Å²) in [5.41, 5.74) is 0.423. The molecule has 3 aromatic carbocycles. The van der Waals surface area contributed by atoms with Gasteiger partial charge in [-0.2, -0.15) is 0 Å². The molecule has 0 bridgehead atoms. The molecular formula is C27H25ClFN3O5. The number of amides is 1. The number of ether oxygens (including phenoxy) is 2. The predicted octanol–water partition coefficient (Wildman–Crippen LogP) is 5.03. The van der Waals surface area contributed by atoms with Crippen LogP contribution < -0.4 is 20.1 Å². The van der Waals surface area contributed by atoms with Crippen LogP contribution in [0.25, 0.3) is 0 Å². The molecule has 192 valence electrons. The van der Waals surface area contributed by atoms with E-state index in [0.29, 0.717) is 22.4 Å². The standard InChI is InChI=1S/C27H25ClFN3O5/c1-3-36-22-13-17(12-19(28)24(22)37-14-16-8-4-6-10-20(16)29)23-15(2)31-27(25(23)32(34)35)18-9-5-7-11-21(18)30-26(27)33/h4-13,15,23,25,31H,3,14H2,1-2H3,(H,30,33)/t15-,23-,25+,27-/m0/s1. The number of halogens is 2. The zero-order valence-corrected chi connectivity index (χ0v) is 20.9. The Kier molecular flexibility index (Phi) is 6.51. The largest absolute Gasteiger partial charge is 0.490 e. The van der Waals surface area contributed by atoms with Crippen LogP contribution in [0.15, 0.2) is 60.7 Å². The van der Waals surface area contributed by atoms with Crippen LogP contribution in [0.5, 0.6) is 11.5 Å². The molecule has 4 atom stereocenters. The van der Waals surface area contributed by atoms with Crippen LogP contribution in [0.4, 0.5) is 10.1 Å². The van der Waals surface area contributed by atoms with E-state index in [1.807, 2.05) is 0 Å². The first kappa shape index (κ1) is 25.0. The lowest BCUT2D eigenvalue weighted by Gasteiger charge is -2.25. The number of nitrogens with one attached hydrogen (secondary N) is 2. The van der Waals surface area contributed by atoms with E-state index in [9.17, 15) is 19.3 Å². The highest BCUT2D eigenvalue weighted by molar-refractivity contribution is 6.32. The number of anilines is 1. The van der Waals surface area contributed by atoms with Crippen LogP contribution in [0.1, 0.15) is 36.5 Å². The molecule has 0 saturated carbocycles. The number of hydrogen-bond acceptors (Lipinski definition) is 6. The van der Waals surface area contributed by atoms with Crippen molar-refractivity contribution in [3.05, 3.63) is 98.3 Å². The topological polar surface area (TPSA) is 103 Å². The molecule has 1 saturated heterocycles. The SMILES string of the molecule is CCOc1cc([C@@H]2[C@H](C)N[C@]3(C(=O)Nc4ccccc43)[C@@H]2[N+](=O)[O-])cc(Cl)c1OCc1ccccc1F. The number of fused-ring (bicyclic) bond motifs is 2. The fourth-order valence-corrected chi connectivity index (χ4v) is 5.78. The summed E-state index contributed by atoms with van der Waals surface area (Å²) in [4.78, 5) is 25.4. The maximum absolute atomic E-state index is 14.1. The van der Waals surface area contributed by atoms with Crippen LogP contribution in [0.3, 0.4) is 0 Å². The Hall–Kier alpha value is -3.69. The fraction of sp³-hybridized carbons (Fsp3) is 0.296. The van der Waals surface area contributed by atoms with Crippen LogP contribution >= 0.6 is 11.6 Å². The average molecular weight is 526 g/mol. The quantitative estimate of drug-likeness (QED) is 0.331. The van der Waals surface area contributed by atoms with Gasteiger partial charge in [0.1, 0.15) is 12.4 Å². The summed E-state index contributed by atoms with van der Waals surface area (Å²) in [5, 5.41) is 18.8. The van der Waals surface area contributed by atoms with E-state index >= 15 is 0 Å². The predicted molar refractivity (Wildman–Crippen MR) is 136 cm³/mol. The van der Waals surface area contributed by atoms with Gasteiger partial charge in [0, 0.05) is 27.8 Å². The van der Waals surface area contributed by atoms with Crippen molar-refractivity contribution >= 4 is 23.2 Å². The molecule has 1 amide bonds. The van der Waals surface area contributed by atoms with Gasteiger partial charge in [-0.3, -0.25) is 20.2 Å². The molecule has 8 nitrogen and oxygen atoms in total. The van der Waals surface area contributed by atoms with E-state index in [2.05, 4.69) is 10.6 Å². The molecule has 10 heteroatoms. The summed E-state index contributed by atoms with van der Waals surface area (Å²) < 4.78 is 25.7. The molecule has 0 unspecified atom stereocenters. The van der Waals surface area contributed by atoms with Crippen molar-refractivity contribution < 1.29 is 23.6 Å². The minimum absolute atomic E-state index is 0.0786. The molecule has 0 aromatic heterocycles. The highest BCUT2D eigenvalue weighted by atomic mass is 35.5. The second kappa shape index (κ2) is 9.64. The monoisotopic (exact) mass is 525 g/mol. The van der Waals surface area contributed by atoms with E-state index in [-0.39, 0.29) is 29.7 Å². The summed E-state index contributed by atoms with van der Waals surface area (Å²) in [6.07, 6.45) is 0. The lowest BCUT2D eigenvalue weighted by molar-refractivity contribution is -0.532. The number of nitro groups is 1. The number of nitrogens with zero attached hydrogens (tertiary/aromatic N) is 1. The number of benzene rings is 3. The van der Waals surface area contributed by atoms with Crippen LogP contribution in [-0.4, -0.2) is 29.5 Å².